The maximum absolute atomic E-state index is 13.0. The van der Waals surface area contributed by atoms with E-state index in [4.69, 9.17) is 4.74 Å². The maximum Gasteiger partial charge on any atom is 0.191 e. The fourth-order valence-corrected chi connectivity index (χ4v) is 5.08. The predicted molar refractivity (Wildman–Crippen MR) is 125 cm³/mol. The number of Topliss-reactive ketones (excluding diaryl/α,β-unsaturated/α-hetero) is 1. The van der Waals surface area contributed by atoms with Gasteiger partial charge in [0.15, 0.2) is 16.8 Å². The molecule has 0 aliphatic carbocycles. The number of aromatic nitrogens is 4. The van der Waals surface area contributed by atoms with Crippen molar-refractivity contribution in [2.24, 2.45) is 7.05 Å². The Hall–Kier alpha value is -2.84. The molecule has 0 amide bonds. The molecule has 0 unspecified atom stereocenters. The van der Waals surface area contributed by atoms with Gasteiger partial charge in [-0.05, 0) is 43.5 Å². The van der Waals surface area contributed by atoms with Crippen LogP contribution in [0.15, 0.2) is 53.0 Å². The van der Waals surface area contributed by atoms with E-state index in [1.807, 2.05) is 55.8 Å². The Morgan fingerprint density at radius 1 is 1.16 bits per heavy atom. The van der Waals surface area contributed by atoms with Crippen LogP contribution in [0.1, 0.15) is 26.6 Å². The van der Waals surface area contributed by atoms with Crippen LogP contribution in [0.3, 0.4) is 0 Å². The van der Waals surface area contributed by atoms with Gasteiger partial charge in [-0.1, -0.05) is 30.0 Å². The minimum Gasteiger partial charge on any atom is -0.496 e. The molecule has 4 rings (SSSR count). The summed E-state index contributed by atoms with van der Waals surface area (Å²) in [5.74, 6) is 1.85. The fraction of sp³-hybridized carbons (Fsp3) is 0.261. The molecule has 0 N–H and O–H groups in total. The molecule has 0 fully saturated rings. The summed E-state index contributed by atoms with van der Waals surface area (Å²) >= 11 is 3.13. The van der Waals surface area contributed by atoms with Gasteiger partial charge in [0.05, 0.1) is 25.0 Å². The van der Waals surface area contributed by atoms with Gasteiger partial charge in [-0.15, -0.1) is 21.5 Å². The molecule has 3 aromatic heterocycles. The Kier molecular flexibility index (Phi) is 6.29. The molecule has 1 aromatic carbocycles. The molecule has 0 spiro atoms. The van der Waals surface area contributed by atoms with Gasteiger partial charge < -0.3 is 13.9 Å². The molecule has 6 nitrogen and oxygen atoms in total. The van der Waals surface area contributed by atoms with Crippen molar-refractivity contribution in [1.82, 2.24) is 19.3 Å². The number of nitrogens with zero attached hydrogens (tertiary/aromatic N) is 4. The number of ketones is 1. The van der Waals surface area contributed by atoms with Crippen molar-refractivity contribution in [2.45, 2.75) is 25.5 Å². The highest BCUT2D eigenvalue weighted by Gasteiger charge is 2.19. The van der Waals surface area contributed by atoms with Crippen LogP contribution in [0, 0.1) is 13.8 Å². The SMILES string of the molecule is COc1ccccc1-c1nnc(SCC(=O)c2cc(C)n(Cc3cccs3)c2C)n1C. The van der Waals surface area contributed by atoms with Crippen LogP contribution in [0.25, 0.3) is 11.4 Å². The van der Waals surface area contributed by atoms with Crippen molar-refractivity contribution >= 4 is 28.9 Å². The number of carbonyl (C=O) groups is 1. The van der Waals surface area contributed by atoms with Gasteiger partial charge >= 0.3 is 0 Å². The lowest BCUT2D eigenvalue weighted by molar-refractivity contribution is 0.102. The molecule has 0 radical (unpaired) electrons. The van der Waals surface area contributed by atoms with Crippen LogP contribution in [0.5, 0.6) is 5.75 Å². The zero-order valence-corrected chi connectivity index (χ0v) is 19.6. The molecule has 0 saturated heterocycles. The molecule has 8 heteroatoms. The van der Waals surface area contributed by atoms with Gasteiger partial charge in [0.1, 0.15) is 5.75 Å². The third kappa shape index (κ3) is 4.31. The second kappa shape index (κ2) is 9.11. The zero-order chi connectivity index (χ0) is 22.0. The van der Waals surface area contributed by atoms with Gasteiger partial charge in [0.25, 0.3) is 0 Å². The maximum atomic E-state index is 13.0. The Balaban J connectivity index is 1.49. The average molecular weight is 453 g/mol. The summed E-state index contributed by atoms with van der Waals surface area (Å²) in [7, 11) is 3.54. The van der Waals surface area contributed by atoms with E-state index in [1.54, 1.807) is 18.4 Å². The van der Waals surface area contributed by atoms with Crippen molar-refractivity contribution in [3.8, 4) is 17.1 Å². The van der Waals surface area contributed by atoms with Crippen LogP contribution in [-0.2, 0) is 13.6 Å². The first kappa shape index (κ1) is 21.4. The molecular weight excluding hydrogens is 428 g/mol. The molecule has 0 saturated carbocycles. The first-order chi connectivity index (χ1) is 15.0. The second-order valence-corrected chi connectivity index (χ2v) is 9.20. The topological polar surface area (TPSA) is 61.9 Å². The molecule has 4 aromatic rings. The van der Waals surface area contributed by atoms with E-state index in [0.29, 0.717) is 16.7 Å². The summed E-state index contributed by atoms with van der Waals surface area (Å²) in [5, 5.41) is 11.4. The lowest BCUT2D eigenvalue weighted by atomic mass is 10.2. The number of para-hydroxylation sites is 1. The Morgan fingerprint density at radius 2 is 1.97 bits per heavy atom. The second-order valence-electron chi connectivity index (χ2n) is 7.23. The third-order valence-corrected chi connectivity index (χ3v) is 7.16. The number of thioether (sulfide) groups is 1. The quantitative estimate of drug-likeness (QED) is 0.278. The number of thiophene rings is 1. The van der Waals surface area contributed by atoms with Crippen LogP contribution >= 0.6 is 23.1 Å². The van der Waals surface area contributed by atoms with Crippen molar-refractivity contribution in [3.63, 3.8) is 0 Å². The van der Waals surface area contributed by atoms with E-state index >= 15 is 0 Å². The molecular formula is C23H24N4O2S2. The number of rotatable bonds is 8. The summed E-state index contributed by atoms with van der Waals surface area (Å²) in [6.45, 7) is 4.86. The van der Waals surface area contributed by atoms with Gasteiger partial charge in [-0.2, -0.15) is 0 Å². The molecule has 0 aliphatic heterocycles. The number of hydrogen-bond acceptors (Lipinski definition) is 6. The van der Waals surface area contributed by atoms with E-state index in [2.05, 4.69) is 32.3 Å². The average Bonchev–Trinajstić information content (AvgIpc) is 3.49. The van der Waals surface area contributed by atoms with E-state index in [9.17, 15) is 4.79 Å². The van der Waals surface area contributed by atoms with Crippen molar-refractivity contribution in [3.05, 3.63) is 69.7 Å². The van der Waals surface area contributed by atoms with Crippen LogP contribution in [0.4, 0.5) is 0 Å². The molecule has 31 heavy (non-hydrogen) atoms. The summed E-state index contributed by atoms with van der Waals surface area (Å²) in [4.78, 5) is 14.3. The molecule has 0 aliphatic rings. The molecule has 0 bridgehead atoms. The van der Waals surface area contributed by atoms with E-state index in [1.165, 1.54) is 16.6 Å². The minimum absolute atomic E-state index is 0.0948. The number of carbonyl (C=O) groups excluding carboxylic acids is 1. The number of ether oxygens (including phenoxy) is 1. The molecule has 3 heterocycles. The first-order valence-electron chi connectivity index (χ1n) is 9.87. The minimum atomic E-state index is 0.0948. The van der Waals surface area contributed by atoms with E-state index in [0.717, 1.165) is 34.8 Å². The largest absolute Gasteiger partial charge is 0.496 e. The third-order valence-electron chi connectivity index (χ3n) is 5.28. The van der Waals surface area contributed by atoms with Crippen LogP contribution in [0.2, 0.25) is 0 Å². The number of aryl methyl sites for hydroxylation is 1. The van der Waals surface area contributed by atoms with Crippen LogP contribution in [-0.4, -0.2) is 38.0 Å². The fourth-order valence-electron chi connectivity index (χ4n) is 3.60. The highest BCUT2D eigenvalue weighted by molar-refractivity contribution is 7.99. The first-order valence-corrected chi connectivity index (χ1v) is 11.7. The van der Waals surface area contributed by atoms with Gasteiger partial charge in [-0.25, -0.2) is 0 Å². The predicted octanol–water partition coefficient (Wildman–Crippen LogP) is 4.99. The van der Waals surface area contributed by atoms with E-state index < -0.39 is 0 Å². The Bertz CT molecular complexity index is 1210. The lowest BCUT2D eigenvalue weighted by Gasteiger charge is -2.09. The standard InChI is InChI=1S/C23H24N4O2S2/c1-15-12-19(16(2)27(15)13-17-8-7-11-30-17)20(28)14-31-23-25-24-22(26(23)3)18-9-5-6-10-21(18)29-4/h5-12H,13-14H2,1-4H3. The molecule has 0 atom stereocenters. The monoisotopic (exact) mass is 452 g/mol. The van der Waals surface area contributed by atoms with Crippen molar-refractivity contribution in [1.29, 1.82) is 0 Å². The summed E-state index contributed by atoms with van der Waals surface area (Å²) in [6.07, 6.45) is 0. The van der Waals surface area contributed by atoms with Gasteiger partial charge in [0, 0.05) is 28.9 Å². The lowest BCUT2D eigenvalue weighted by Crippen LogP contribution is -2.07. The van der Waals surface area contributed by atoms with Gasteiger partial charge in [0.2, 0.25) is 0 Å². The van der Waals surface area contributed by atoms with Crippen molar-refractivity contribution < 1.29 is 9.53 Å². The Morgan fingerprint density at radius 3 is 2.71 bits per heavy atom. The number of benzene rings is 1. The Labute approximate surface area is 189 Å². The zero-order valence-electron chi connectivity index (χ0n) is 18.0. The summed E-state index contributed by atoms with van der Waals surface area (Å²) in [6, 6.07) is 13.9. The highest BCUT2D eigenvalue weighted by atomic mass is 32.2. The molecule has 160 valence electrons. The smallest absolute Gasteiger partial charge is 0.191 e. The van der Waals surface area contributed by atoms with Crippen molar-refractivity contribution in [2.75, 3.05) is 12.9 Å². The highest BCUT2D eigenvalue weighted by Crippen LogP contribution is 2.30. The van der Waals surface area contributed by atoms with Gasteiger partial charge in [-0.3, -0.25) is 4.79 Å². The number of hydrogen-bond donors (Lipinski definition) is 0. The normalized spacial score (nSPS) is 11.1. The van der Waals surface area contributed by atoms with E-state index in [-0.39, 0.29) is 5.78 Å². The van der Waals surface area contributed by atoms with Crippen LogP contribution < -0.4 is 4.74 Å². The summed E-state index contributed by atoms with van der Waals surface area (Å²) < 4.78 is 9.54. The number of methoxy groups -OCH3 is 1. The summed E-state index contributed by atoms with van der Waals surface area (Å²) in [5.41, 5.74) is 3.74.